The van der Waals surface area contributed by atoms with Crippen LogP contribution in [0.15, 0.2) is 24.3 Å². The van der Waals surface area contributed by atoms with Gasteiger partial charge in [-0.3, -0.25) is 0 Å². The van der Waals surface area contributed by atoms with Crippen LogP contribution in [0, 0.1) is 6.92 Å². The monoisotopic (exact) mass is 164 g/mol. The zero-order chi connectivity index (χ0) is 8.81. The molecule has 12 heavy (non-hydrogen) atoms. The lowest BCUT2D eigenvalue weighted by Gasteiger charge is -2.01. The van der Waals surface area contributed by atoms with Crippen molar-refractivity contribution in [2.24, 2.45) is 0 Å². The highest BCUT2D eigenvalue weighted by atomic mass is 16.5. The Labute approximate surface area is 74.4 Å². The molecule has 1 aromatic rings. The van der Waals surface area contributed by atoms with Gasteiger partial charge in [0.1, 0.15) is 0 Å². The van der Waals surface area contributed by atoms with Crippen LogP contribution in [0.2, 0.25) is 0 Å². The minimum absolute atomic E-state index is 0.811. The summed E-state index contributed by atoms with van der Waals surface area (Å²) in [5.41, 5.74) is 2.67. The molecule has 1 rings (SSSR count). The largest absolute Gasteiger partial charge is 0.381 e. The first-order valence-electron chi connectivity index (χ1n) is 4.46. The van der Waals surface area contributed by atoms with E-state index in [0.717, 1.165) is 19.6 Å². The van der Waals surface area contributed by atoms with Crippen molar-refractivity contribution in [1.29, 1.82) is 0 Å². The third-order valence-corrected chi connectivity index (χ3v) is 1.86. The molecule has 0 aromatic heterocycles. The molecule has 0 heterocycles. The normalized spacial score (nSPS) is 10.2. The van der Waals surface area contributed by atoms with Gasteiger partial charge in [-0.2, -0.15) is 0 Å². The van der Waals surface area contributed by atoms with Crippen LogP contribution in [0.4, 0.5) is 0 Å². The fraction of sp³-hybridized carbons (Fsp3) is 0.455. The Morgan fingerprint density at radius 3 is 2.42 bits per heavy atom. The Morgan fingerprint density at radius 2 is 1.83 bits per heavy atom. The summed E-state index contributed by atoms with van der Waals surface area (Å²) in [6.45, 7) is 5.77. The van der Waals surface area contributed by atoms with E-state index in [1.54, 1.807) is 0 Å². The van der Waals surface area contributed by atoms with E-state index in [1.165, 1.54) is 11.1 Å². The minimum atomic E-state index is 0.811. The second-order valence-corrected chi connectivity index (χ2v) is 2.93. The lowest BCUT2D eigenvalue weighted by molar-refractivity contribution is 0.151. The lowest BCUT2D eigenvalue weighted by atomic mass is 10.1. The summed E-state index contributed by atoms with van der Waals surface area (Å²) in [6.07, 6.45) is 1.02. The first-order chi connectivity index (χ1) is 5.83. The van der Waals surface area contributed by atoms with Crippen LogP contribution in [0.5, 0.6) is 0 Å². The number of hydrogen-bond donors (Lipinski definition) is 0. The summed E-state index contributed by atoms with van der Waals surface area (Å²) >= 11 is 0. The Morgan fingerprint density at radius 1 is 1.17 bits per heavy atom. The first-order valence-corrected chi connectivity index (χ1v) is 4.46. The molecule has 0 spiro atoms. The number of hydrogen-bond acceptors (Lipinski definition) is 1. The molecule has 0 aliphatic rings. The molecule has 1 nitrogen and oxygen atoms in total. The van der Waals surface area contributed by atoms with E-state index in [4.69, 9.17) is 4.74 Å². The highest BCUT2D eigenvalue weighted by Crippen LogP contribution is 2.03. The highest BCUT2D eigenvalue weighted by Gasteiger charge is 1.91. The number of aryl methyl sites for hydroxylation is 1. The SMILES string of the molecule is CCOCCc1ccc(C)cc1. The van der Waals surface area contributed by atoms with Gasteiger partial charge in [0.2, 0.25) is 0 Å². The van der Waals surface area contributed by atoms with Gasteiger partial charge in [-0.1, -0.05) is 29.8 Å². The van der Waals surface area contributed by atoms with E-state index < -0.39 is 0 Å². The smallest absolute Gasteiger partial charge is 0.0506 e. The minimum Gasteiger partial charge on any atom is -0.381 e. The van der Waals surface area contributed by atoms with Gasteiger partial charge < -0.3 is 4.74 Å². The zero-order valence-corrected chi connectivity index (χ0v) is 7.84. The van der Waals surface area contributed by atoms with Crippen LogP contribution >= 0.6 is 0 Å². The first kappa shape index (κ1) is 9.27. The Bertz CT molecular complexity index is 213. The van der Waals surface area contributed by atoms with Gasteiger partial charge in [0.25, 0.3) is 0 Å². The van der Waals surface area contributed by atoms with Crippen molar-refractivity contribution >= 4 is 0 Å². The number of rotatable bonds is 4. The van der Waals surface area contributed by atoms with Gasteiger partial charge in [0.15, 0.2) is 0 Å². The topological polar surface area (TPSA) is 9.23 Å². The van der Waals surface area contributed by atoms with Crippen LogP contribution in [0.1, 0.15) is 18.1 Å². The fourth-order valence-electron chi connectivity index (χ4n) is 1.09. The van der Waals surface area contributed by atoms with Crippen molar-refractivity contribution < 1.29 is 4.74 Å². The molecule has 66 valence electrons. The van der Waals surface area contributed by atoms with Crippen molar-refractivity contribution in [2.45, 2.75) is 20.3 Å². The van der Waals surface area contributed by atoms with E-state index in [0.29, 0.717) is 0 Å². The van der Waals surface area contributed by atoms with Gasteiger partial charge in [-0.05, 0) is 25.8 Å². The van der Waals surface area contributed by atoms with E-state index >= 15 is 0 Å². The molecule has 0 N–H and O–H groups in total. The van der Waals surface area contributed by atoms with Crippen LogP contribution in [0.25, 0.3) is 0 Å². The Kier molecular flexibility index (Phi) is 3.81. The fourth-order valence-corrected chi connectivity index (χ4v) is 1.09. The van der Waals surface area contributed by atoms with Crippen molar-refractivity contribution in [2.75, 3.05) is 13.2 Å². The molecule has 0 fully saturated rings. The predicted octanol–water partition coefficient (Wildman–Crippen LogP) is 2.57. The maximum atomic E-state index is 5.27. The average molecular weight is 164 g/mol. The predicted molar refractivity (Wildman–Crippen MR) is 51.4 cm³/mol. The molecule has 0 aliphatic heterocycles. The molecule has 0 saturated heterocycles. The summed E-state index contributed by atoms with van der Waals surface area (Å²) in [7, 11) is 0. The van der Waals surface area contributed by atoms with Crippen molar-refractivity contribution in [3.63, 3.8) is 0 Å². The molecule has 0 atom stereocenters. The summed E-state index contributed by atoms with van der Waals surface area (Å²) in [5, 5.41) is 0. The van der Waals surface area contributed by atoms with Gasteiger partial charge >= 0.3 is 0 Å². The van der Waals surface area contributed by atoms with Crippen molar-refractivity contribution in [3.05, 3.63) is 35.4 Å². The van der Waals surface area contributed by atoms with Crippen LogP contribution < -0.4 is 0 Å². The lowest BCUT2D eigenvalue weighted by Crippen LogP contribution is -1.97. The van der Waals surface area contributed by atoms with Gasteiger partial charge in [-0.25, -0.2) is 0 Å². The summed E-state index contributed by atoms with van der Waals surface area (Å²) in [6, 6.07) is 8.60. The molecule has 0 radical (unpaired) electrons. The van der Waals surface area contributed by atoms with Crippen molar-refractivity contribution in [3.8, 4) is 0 Å². The summed E-state index contributed by atoms with van der Waals surface area (Å²) < 4.78 is 5.27. The number of ether oxygens (including phenoxy) is 1. The maximum Gasteiger partial charge on any atom is 0.0506 e. The second kappa shape index (κ2) is 4.94. The molecule has 0 bridgehead atoms. The highest BCUT2D eigenvalue weighted by molar-refractivity contribution is 5.21. The molecular formula is C11H16O. The molecule has 0 amide bonds. The molecule has 1 heteroatoms. The molecule has 0 unspecified atom stereocenters. The third-order valence-electron chi connectivity index (χ3n) is 1.86. The molecule has 0 saturated carbocycles. The van der Waals surface area contributed by atoms with Crippen LogP contribution in [-0.4, -0.2) is 13.2 Å². The van der Waals surface area contributed by atoms with E-state index in [9.17, 15) is 0 Å². The zero-order valence-electron chi connectivity index (χ0n) is 7.84. The Hall–Kier alpha value is -0.820. The molecule has 0 aliphatic carbocycles. The maximum absolute atomic E-state index is 5.27. The second-order valence-electron chi connectivity index (χ2n) is 2.93. The van der Waals surface area contributed by atoms with E-state index in [2.05, 4.69) is 31.2 Å². The standard InChI is InChI=1S/C11H16O/c1-3-12-9-8-11-6-4-10(2)5-7-11/h4-7H,3,8-9H2,1-2H3. The third kappa shape index (κ3) is 3.05. The van der Waals surface area contributed by atoms with E-state index in [1.807, 2.05) is 6.92 Å². The van der Waals surface area contributed by atoms with Gasteiger partial charge in [-0.15, -0.1) is 0 Å². The summed E-state index contributed by atoms with van der Waals surface area (Å²) in [4.78, 5) is 0. The average Bonchev–Trinajstić information content (AvgIpc) is 2.09. The molecule has 1 aromatic carbocycles. The van der Waals surface area contributed by atoms with Gasteiger partial charge in [0, 0.05) is 6.61 Å². The summed E-state index contributed by atoms with van der Waals surface area (Å²) in [5.74, 6) is 0. The van der Waals surface area contributed by atoms with Crippen molar-refractivity contribution in [1.82, 2.24) is 0 Å². The quantitative estimate of drug-likeness (QED) is 0.621. The van der Waals surface area contributed by atoms with Gasteiger partial charge in [0.05, 0.1) is 6.61 Å². The van der Waals surface area contributed by atoms with Crippen LogP contribution in [-0.2, 0) is 11.2 Å². The molecular weight excluding hydrogens is 148 g/mol. The number of benzene rings is 1. The van der Waals surface area contributed by atoms with Crippen LogP contribution in [0.3, 0.4) is 0 Å². The van der Waals surface area contributed by atoms with E-state index in [-0.39, 0.29) is 0 Å². The Balaban J connectivity index is 2.37.